The average molecular weight is 397 g/mol. The van der Waals surface area contributed by atoms with Crippen LogP contribution < -0.4 is 10.6 Å². The molecule has 1 aliphatic heterocycles. The Labute approximate surface area is 158 Å². The van der Waals surface area contributed by atoms with Crippen molar-refractivity contribution < 1.29 is 27.2 Å². The van der Waals surface area contributed by atoms with E-state index in [1.54, 1.807) is 0 Å². The van der Waals surface area contributed by atoms with Gasteiger partial charge in [0.2, 0.25) is 23.7 Å². The van der Waals surface area contributed by atoms with Gasteiger partial charge < -0.3 is 15.5 Å². The summed E-state index contributed by atoms with van der Waals surface area (Å²) in [7, 11) is 3.45. The summed E-state index contributed by atoms with van der Waals surface area (Å²) in [6.45, 7) is 5.79. The molecule has 2 aliphatic carbocycles. The zero-order valence-electron chi connectivity index (χ0n) is 16.5. The molecule has 1 heterocycles. The summed E-state index contributed by atoms with van der Waals surface area (Å²) in [6, 6.07) is 0.150. The molecule has 158 valence electrons. The van der Waals surface area contributed by atoms with Crippen LogP contribution in [0.3, 0.4) is 0 Å². The molecule has 1 unspecified atom stereocenters. The van der Waals surface area contributed by atoms with E-state index in [1.165, 1.54) is 7.05 Å². The van der Waals surface area contributed by atoms with E-state index in [9.17, 15) is 27.2 Å². The van der Waals surface area contributed by atoms with Crippen LogP contribution in [0.25, 0.3) is 0 Å². The maximum atomic E-state index is 12.5. The molecule has 2 N–H and O–H groups in total. The van der Waals surface area contributed by atoms with Crippen molar-refractivity contribution in [3.63, 3.8) is 0 Å². The van der Waals surface area contributed by atoms with Crippen molar-refractivity contribution >= 4 is 11.8 Å². The van der Waals surface area contributed by atoms with Crippen molar-refractivity contribution in [1.29, 1.82) is 0 Å². The molecular weight excluding hydrogens is 366 g/mol. The molecule has 2 amide bonds. The highest BCUT2D eigenvalue weighted by Crippen LogP contribution is 2.43. The fraction of sp³-hybridized carbons (Fsp3) is 0.889. The third-order valence-corrected chi connectivity index (χ3v) is 4.91. The third kappa shape index (κ3) is 7.27. The Morgan fingerprint density at radius 3 is 1.70 bits per heavy atom. The monoisotopic (exact) mass is 397 g/mol. The Kier molecular flexibility index (Phi) is 8.50. The fourth-order valence-electron chi connectivity index (χ4n) is 3.27. The number of likely N-dealkylation sites (N-methyl/N-ethyl adjacent to an activating group) is 1. The lowest BCUT2D eigenvalue weighted by Gasteiger charge is -2.34. The van der Waals surface area contributed by atoms with E-state index in [0.717, 1.165) is 19.5 Å². The molecular formula is C18H31F4N3O2. The first kappa shape index (κ1) is 23.7. The molecule has 0 bridgehead atoms. The molecule has 0 spiro atoms. The van der Waals surface area contributed by atoms with Crippen LogP contribution in [-0.2, 0) is 9.59 Å². The minimum atomic E-state index is -2.60. The minimum Gasteiger partial charge on any atom is -0.359 e. The lowest BCUT2D eigenvalue weighted by atomic mass is 9.80. The van der Waals surface area contributed by atoms with Crippen LogP contribution in [-0.4, -0.2) is 61.8 Å². The van der Waals surface area contributed by atoms with Crippen molar-refractivity contribution in [1.82, 2.24) is 15.5 Å². The average Bonchev–Trinajstić information content (AvgIpc) is 2.96. The Morgan fingerprint density at radius 1 is 0.926 bits per heavy atom. The minimum absolute atomic E-state index is 0.150. The first-order valence-electron chi connectivity index (χ1n) is 9.47. The summed E-state index contributed by atoms with van der Waals surface area (Å²) in [5, 5.41) is 5.17. The number of hydrogen-bond acceptors (Lipinski definition) is 3. The first-order chi connectivity index (χ1) is 12.5. The molecule has 27 heavy (non-hydrogen) atoms. The van der Waals surface area contributed by atoms with E-state index >= 15 is 0 Å². The smallest absolute Gasteiger partial charge is 0.249 e. The van der Waals surface area contributed by atoms with Crippen LogP contribution in [0.2, 0.25) is 0 Å². The largest absolute Gasteiger partial charge is 0.359 e. The summed E-state index contributed by atoms with van der Waals surface area (Å²) in [4.78, 5) is 24.3. The number of amides is 2. The van der Waals surface area contributed by atoms with Crippen LogP contribution in [0.5, 0.6) is 0 Å². The zero-order chi connectivity index (χ0) is 20.8. The van der Waals surface area contributed by atoms with E-state index in [2.05, 4.69) is 15.5 Å². The highest BCUT2D eigenvalue weighted by Gasteiger charge is 2.49. The van der Waals surface area contributed by atoms with E-state index in [1.807, 2.05) is 20.9 Å². The van der Waals surface area contributed by atoms with Gasteiger partial charge in [-0.25, -0.2) is 17.6 Å². The van der Waals surface area contributed by atoms with Crippen molar-refractivity contribution in [2.45, 2.75) is 63.8 Å². The van der Waals surface area contributed by atoms with E-state index in [-0.39, 0.29) is 43.5 Å². The number of rotatable bonds is 3. The number of hydrogen-bond donors (Lipinski definition) is 2. The second kappa shape index (κ2) is 9.71. The molecule has 1 atom stereocenters. The highest BCUT2D eigenvalue weighted by molar-refractivity contribution is 5.80. The predicted octanol–water partition coefficient (Wildman–Crippen LogP) is 2.66. The Balaban J connectivity index is 0.000000265. The van der Waals surface area contributed by atoms with Gasteiger partial charge in [0, 0.05) is 57.2 Å². The molecule has 2 saturated carbocycles. The van der Waals surface area contributed by atoms with Gasteiger partial charge in [0.15, 0.2) is 0 Å². The third-order valence-electron chi connectivity index (χ3n) is 4.91. The summed E-state index contributed by atoms with van der Waals surface area (Å²) < 4.78 is 49.3. The Morgan fingerprint density at radius 2 is 1.37 bits per heavy atom. The van der Waals surface area contributed by atoms with Gasteiger partial charge in [-0.2, -0.15) is 0 Å². The van der Waals surface area contributed by atoms with Gasteiger partial charge in [0.05, 0.1) is 0 Å². The molecule has 0 aromatic carbocycles. The molecule has 1 saturated heterocycles. The number of carbonyl (C=O) groups is 2. The zero-order valence-corrected chi connectivity index (χ0v) is 16.5. The predicted molar refractivity (Wildman–Crippen MR) is 94.8 cm³/mol. The van der Waals surface area contributed by atoms with Crippen molar-refractivity contribution in [2.24, 2.45) is 11.8 Å². The number of likely N-dealkylation sites (tertiary alicyclic amines) is 1. The second-order valence-corrected chi connectivity index (χ2v) is 7.29. The van der Waals surface area contributed by atoms with Crippen LogP contribution in [0.15, 0.2) is 0 Å². The normalized spacial score (nSPS) is 26.3. The lowest BCUT2D eigenvalue weighted by Crippen LogP contribution is -2.48. The Hall–Kier alpha value is -1.38. The molecule has 0 radical (unpaired) electrons. The van der Waals surface area contributed by atoms with Gasteiger partial charge in [0.25, 0.3) is 0 Å². The number of nitrogens with one attached hydrogen (secondary N) is 2. The van der Waals surface area contributed by atoms with Crippen molar-refractivity contribution in [3.8, 4) is 0 Å². The summed E-state index contributed by atoms with van der Waals surface area (Å²) in [5.41, 5.74) is 0. The summed E-state index contributed by atoms with van der Waals surface area (Å²) >= 11 is 0. The summed E-state index contributed by atoms with van der Waals surface area (Å²) in [6.07, 6.45) is -0.201. The van der Waals surface area contributed by atoms with E-state index in [4.69, 9.17) is 0 Å². The number of alkyl halides is 4. The molecule has 3 fully saturated rings. The summed E-state index contributed by atoms with van der Waals surface area (Å²) in [5.74, 6) is -6.58. The van der Waals surface area contributed by atoms with E-state index < -0.39 is 23.7 Å². The van der Waals surface area contributed by atoms with Gasteiger partial charge in [-0.1, -0.05) is 13.8 Å². The number of carbonyl (C=O) groups excluding carboxylic acids is 2. The van der Waals surface area contributed by atoms with Gasteiger partial charge in [0.1, 0.15) is 0 Å². The van der Waals surface area contributed by atoms with Gasteiger partial charge in [-0.05, 0) is 20.0 Å². The first-order valence-corrected chi connectivity index (χ1v) is 9.47. The maximum Gasteiger partial charge on any atom is 0.249 e. The number of halogens is 4. The molecule has 0 aromatic heterocycles. The standard InChI is InChI=1S/C10H16F2N2O.C6H9F2NO.C2H6/c1-14-3-2-8(6-14)13-9(15)7-4-10(11,12)5-7;1-9-5(10)4-2-6(7,8)3-4;1-2/h7-8H,2-6H2,1H3,(H,13,15);4H,2-3H2,1H3,(H,9,10);1-2H3. The van der Waals surface area contributed by atoms with Gasteiger partial charge >= 0.3 is 0 Å². The van der Waals surface area contributed by atoms with Crippen LogP contribution in [0.1, 0.15) is 46.0 Å². The van der Waals surface area contributed by atoms with E-state index in [0.29, 0.717) is 0 Å². The SMILES string of the molecule is CC.CN1CCC(NC(=O)C2CC(F)(F)C2)C1.CNC(=O)C1CC(F)(F)C1. The van der Waals surface area contributed by atoms with Crippen LogP contribution >= 0.6 is 0 Å². The molecule has 9 heteroatoms. The fourth-order valence-corrected chi connectivity index (χ4v) is 3.27. The van der Waals surface area contributed by atoms with Crippen molar-refractivity contribution in [3.05, 3.63) is 0 Å². The molecule has 5 nitrogen and oxygen atoms in total. The number of nitrogens with zero attached hydrogens (tertiary/aromatic N) is 1. The van der Waals surface area contributed by atoms with Crippen molar-refractivity contribution in [2.75, 3.05) is 27.2 Å². The molecule has 3 aliphatic rings. The topological polar surface area (TPSA) is 61.4 Å². The lowest BCUT2D eigenvalue weighted by molar-refractivity contribution is -0.150. The van der Waals surface area contributed by atoms with Gasteiger partial charge in [-0.3, -0.25) is 9.59 Å². The van der Waals surface area contributed by atoms with Crippen LogP contribution in [0.4, 0.5) is 17.6 Å². The van der Waals surface area contributed by atoms with Crippen LogP contribution in [0, 0.1) is 11.8 Å². The highest BCUT2D eigenvalue weighted by atomic mass is 19.3. The maximum absolute atomic E-state index is 12.5. The Bertz CT molecular complexity index is 501. The second-order valence-electron chi connectivity index (χ2n) is 7.29. The molecule has 3 rings (SSSR count). The quantitative estimate of drug-likeness (QED) is 0.720. The van der Waals surface area contributed by atoms with Gasteiger partial charge in [-0.15, -0.1) is 0 Å². The molecule has 0 aromatic rings.